The summed E-state index contributed by atoms with van der Waals surface area (Å²) in [6.45, 7) is 0. The smallest absolute Gasteiger partial charge is 0.180 e. The molecular weight excluding hydrogens is 296 g/mol. The number of carbonyl (C=O) groups excluding carboxylic acids is 1. The van der Waals surface area contributed by atoms with Crippen LogP contribution in [0, 0.1) is 0 Å². The van der Waals surface area contributed by atoms with E-state index in [0.29, 0.717) is 11.4 Å². The maximum Gasteiger partial charge on any atom is 0.180 e. The Hall–Kier alpha value is -1.29. The molecule has 6 heteroatoms. The standard InChI is InChI=1S/C12H6Cl3NO2/c13-8-5-7(17)1-2-11(8)16-6-3-9(14)12(18)10(15)4-6/h1-5,18H. The van der Waals surface area contributed by atoms with Crippen LogP contribution in [0.1, 0.15) is 0 Å². The van der Waals surface area contributed by atoms with E-state index in [0.717, 1.165) is 0 Å². The molecule has 18 heavy (non-hydrogen) atoms. The monoisotopic (exact) mass is 301 g/mol. The predicted octanol–water partition coefficient (Wildman–Crippen LogP) is 4.03. The molecular formula is C12H6Cl3NO2. The zero-order valence-corrected chi connectivity index (χ0v) is 11.1. The Labute approximate surface area is 118 Å². The quantitative estimate of drug-likeness (QED) is 0.796. The van der Waals surface area contributed by atoms with Gasteiger partial charge in [0.1, 0.15) is 0 Å². The molecule has 1 N–H and O–H groups in total. The van der Waals surface area contributed by atoms with Crippen molar-refractivity contribution in [1.29, 1.82) is 0 Å². The summed E-state index contributed by atoms with van der Waals surface area (Å²) < 4.78 is 0. The van der Waals surface area contributed by atoms with Gasteiger partial charge in [0.25, 0.3) is 0 Å². The molecule has 0 unspecified atom stereocenters. The third-order valence-electron chi connectivity index (χ3n) is 2.17. The van der Waals surface area contributed by atoms with Gasteiger partial charge in [0, 0.05) is 6.08 Å². The Morgan fingerprint density at radius 3 is 2.22 bits per heavy atom. The van der Waals surface area contributed by atoms with Gasteiger partial charge in [-0.05, 0) is 24.3 Å². The zero-order chi connectivity index (χ0) is 13.3. The maximum atomic E-state index is 11.0. The van der Waals surface area contributed by atoms with Crippen LogP contribution in [0.15, 0.2) is 40.4 Å². The normalized spacial score (nSPS) is 17.2. The van der Waals surface area contributed by atoms with Crippen LogP contribution >= 0.6 is 34.8 Å². The van der Waals surface area contributed by atoms with Crippen molar-refractivity contribution in [2.24, 2.45) is 4.99 Å². The lowest BCUT2D eigenvalue weighted by atomic mass is 10.1. The van der Waals surface area contributed by atoms with Gasteiger partial charge >= 0.3 is 0 Å². The van der Waals surface area contributed by atoms with Crippen molar-refractivity contribution < 1.29 is 9.90 Å². The lowest BCUT2D eigenvalue weighted by molar-refractivity contribution is -0.110. The molecule has 1 aliphatic carbocycles. The van der Waals surface area contributed by atoms with E-state index >= 15 is 0 Å². The molecule has 0 radical (unpaired) electrons. The first-order valence-electron chi connectivity index (χ1n) is 4.83. The molecule has 1 aromatic carbocycles. The maximum absolute atomic E-state index is 11.0. The van der Waals surface area contributed by atoms with E-state index < -0.39 is 0 Å². The third-order valence-corrected chi connectivity index (χ3v) is 3.05. The molecule has 1 aromatic rings. The molecule has 0 spiro atoms. The minimum absolute atomic E-state index is 0.0952. The predicted molar refractivity (Wildman–Crippen MR) is 73.3 cm³/mol. The van der Waals surface area contributed by atoms with Crippen LogP contribution in [0.5, 0.6) is 5.75 Å². The number of phenolic OH excluding ortho intramolecular Hbond substituents is 1. The highest BCUT2D eigenvalue weighted by Crippen LogP contribution is 2.36. The van der Waals surface area contributed by atoms with Crippen molar-refractivity contribution in [2.45, 2.75) is 0 Å². The molecule has 0 amide bonds. The second-order valence-electron chi connectivity index (χ2n) is 3.48. The Kier molecular flexibility index (Phi) is 3.76. The topological polar surface area (TPSA) is 49.7 Å². The highest BCUT2D eigenvalue weighted by molar-refractivity contribution is 6.48. The van der Waals surface area contributed by atoms with Crippen molar-refractivity contribution in [1.82, 2.24) is 0 Å². The average Bonchev–Trinajstić information content (AvgIpc) is 2.29. The van der Waals surface area contributed by atoms with Crippen LogP contribution in [0.3, 0.4) is 0 Å². The summed E-state index contributed by atoms with van der Waals surface area (Å²) in [5, 5.41) is 9.84. The highest BCUT2D eigenvalue weighted by atomic mass is 35.5. The van der Waals surface area contributed by atoms with Gasteiger partial charge in [0.2, 0.25) is 0 Å². The molecule has 92 valence electrons. The van der Waals surface area contributed by atoms with Crippen LogP contribution < -0.4 is 0 Å². The summed E-state index contributed by atoms with van der Waals surface area (Å²) >= 11 is 17.4. The molecule has 0 atom stereocenters. The fourth-order valence-corrected chi connectivity index (χ4v) is 2.02. The number of phenols is 1. The van der Waals surface area contributed by atoms with E-state index in [1.807, 2.05) is 0 Å². The van der Waals surface area contributed by atoms with E-state index in [-0.39, 0.29) is 26.6 Å². The van der Waals surface area contributed by atoms with Gasteiger partial charge < -0.3 is 5.11 Å². The second-order valence-corrected chi connectivity index (χ2v) is 4.70. The number of ketones is 1. The van der Waals surface area contributed by atoms with Crippen molar-refractivity contribution >= 4 is 52.0 Å². The Balaban J connectivity index is 2.43. The van der Waals surface area contributed by atoms with E-state index in [2.05, 4.69) is 4.99 Å². The van der Waals surface area contributed by atoms with Crippen molar-refractivity contribution in [3.63, 3.8) is 0 Å². The van der Waals surface area contributed by atoms with Crippen molar-refractivity contribution in [3.8, 4) is 5.75 Å². The van der Waals surface area contributed by atoms with Crippen LogP contribution in [-0.4, -0.2) is 16.6 Å². The first kappa shape index (κ1) is 13.1. The van der Waals surface area contributed by atoms with Gasteiger partial charge in [-0.1, -0.05) is 34.8 Å². The van der Waals surface area contributed by atoms with Gasteiger partial charge in [0.05, 0.1) is 26.5 Å². The number of benzene rings is 1. The molecule has 0 fully saturated rings. The summed E-state index contributed by atoms with van der Waals surface area (Å²) in [5.74, 6) is -0.390. The number of carbonyl (C=O) groups is 1. The summed E-state index contributed by atoms with van der Waals surface area (Å²) in [6.07, 6.45) is 4.12. The van der Waals surface area contributed by atoms with E-state index in [1.54, 1.807) is 0 Å². The SMILES string of the molecule is O=C1C=CC(=Nc2cc(Cl)c(O)c(Cl)c2)C(Cl)=C1. The van der Waals surface area contributed by atoms with E-state index in [4.69, 9.17) is 34.8 Å². The Morgan fingerprint density at radius 1 is 1.06 bits per heavy atom. The van der Waals surface area contributed by atoms with Gasteiger partial charge in [-0.3, -0.25) is 4.79 Å². The summed E-state index contributed by atoms with van der Waals surface area (Å²) in [7, 11) is 0. The lowest BCUT2D eigenvalue weighted by Gasteiger charge is -2.06. The number of hydrogen-bond acceptors (Lipinski definition) is 3. The first-order chi connectivity index (χ1) is 8.47. The van der Waals surface area contributed by atoms with Crippen molar-refractivity contribution in [2.75, 3.05) is 0 Å². The second kappa shape index (κ2) is 5.14. The van der Waals surface area contributed by atoms with Crippen LogP contribution in [0.4, 0.5) is 5.69 Å². The molecule has 0 bridgehead atoms. The van der Waals surface area contributed by atoms with Crippen LogP contribution in [0.2, 0.25) is 10.0 Å². The minimum Gasteiger partial charge on any atom is -0.505 e. The molecule has 0 aromatic heterocycles. The number of allylic oxidation sites excluding steroid dienone is 4. The van der Waals surface area contributed by atoms with Crippen molar-refractivity contribution in [3.05, 3.63) is 45.4 Å². The van der Waals surface area contributed by atoms with Gasteiger partial charge in [0.15, 0.2) is 11.5 Å². The van der Waals surface area contributed by atoms with Crippen LogP contribution in [-0.2, 0) is 4.79 Å². The van der Waals surface area contributed by atoms with E-state index in [9.17, 15) is 9.90 Å². The van der Waals surface area contributed by atoms with Gasteiger partial charge in [-0.2, -0.15) is 0 Å². The van der Waals surface area contributed by atoms with E-state index in [1.165, 1.54) is 30.4 Å². The highest BCUT2D eigenvalue weighted by Gasteiger charge is 2.11. The number of aromatic hydroxyl groups is 1. The molecule has 0 aliphatic heterocycles. The molecule has 3 nitrogen and oxygen atoms in total. The molecule has 0 saturated heterocycles. The zero-order valence-electron chi connectivity index (χ0n) is 8.82. The largest absolute Gasteiger partial charge is 0.505 e. The third kappa shape index (κ3) is 2.75. The molecule has 2 rings (SSSR count). The van der Waals surface area contributed by atoms with Gasteiger partial charge in [-0.25, -0.2) is 4.99 Å². The number of rotatable bonds is 1. The molecule has 0 heterocycles. The Morgan fingerprint density at radius 2 is 1.67 bits per heavy atom. The number of nitrogens with zero attached hydrogens (tertiary/aromatic N) is 1. The first-order valence-corrected chi connectivity index (χ1v) is 5.97. The van der Waals surface area contributed by atoms with Gasteiger partial charge in [-0.15, -0.1) is 0 Å². The summed E-state index contributed by atoms with van der Waals surface area (Å²) in [6, 6.07) is 2.90. The average molecular weight is 303 g/mol. The minimum atomic E-state index is -0.196. The lowest BCUT2D eigenvalue weighted by Crippen LogP contribution is -2.03. The summed E-state index contributed by atoms with van der Waals surface area (Å²) in [4.78, 5) is 15.2. The molecule has 0 saturated carbocycles. The fraction of sp³-hybridized carbons (Fsp3) is 0. The number of hydrogen-bond donors (Lipinski definition) is 1. The number of halogens is 3. The fourth-order valence-electron chi connectivity index (χ4n) is 1.33. The van der Waals surface area contributed by atoms with Crippen LogP contribution in [0.25, 0.3) is 0 Å². The summed E-state index contributed by atoms with van der Waals surface area (Å²) in [5.41, 5.74) is 0.859. The Bertz CT molecular complexity index is 595. The molecule has 1 aliphatic rings. The number of aliphatic imine (C=N–C) groups is 1.